The second-order valence-corrected chi connectivity index (χ2v) is 15.3. The average Bonchev–Trinajstić information content (AvgIpc) is 3.73. The number of fused-ring (bicyclic) bond motifs is 9. The van der Waals surface area contributed by atoms with E-state index >= 15 is 0 Å². The van der Waals surface area contributed by atoms with Gasteiger partial charge in [-0.3, -0.25) is 0 Å². The fourth-order valence-electron chi connectivity index (χ4n) is 9.09. The molecule has 1 aromatic heterocycles. The molecule has 0 aliphatic heterocycles. The summed E-state index contributed by atoms with van der Waals surface area (Å²) in [6, 6.07) is 68.2. The zero-order valence-corrected chi connectivity index (χ0v) is 30.8. The molecule has 9 aromatic carbocycles. The van der Waals surface area contributed by atoms with Gasteiger partial charge in [0.05, 0.1) is 0 Å². The number of rotatable bonds is 5. The van der Waals surface area contributed by atoms with Crippen LogP contribution < -0.4 is 4.90 Å². The van der Waals surface area contributed by atoms with E-state index in [1.807, 2.05) is 0 Å². The second kappa shape index (κ2) is 12.1. The molecule has 260 valence electrons. The average molecular weight is 704 g/mol. The van der Waals surface area contributed by atoms with Gasteiger partial charge in [0.25, 0.3) is 0 Å². The maximum absolute atomic E-state index is 6.95. The van der Waals surface area contributed by atoms with Crippen LogP contribution in [0, 0.1) is 0 Å². The first-order valence-electron chi connectivity index (χ1n) is 19.1. The number of furan rings is 1. The Balaban J connectivity index is 1.04. The maximum atomic E-state index is 6.95. The molecule has 0 fully saturated rings. The smallest absolute Gasteiger partial charge is 0.143 e. The van der Waals surface area contributed by atoms with Crippen molar-refractivity contribution in [1.82, 2.24) is 0 Å². The van der Waals surface area contributed by atoms with Crippen molar-refractivity contribution in [3.8, 4) is 33.4 Å². The van der Waals surface area contributed by atoms with Crippen LogP contribution in [0.15, 0.2) is 192 Å². The van der Waals surface area contributed by atoms with E-state index in [1.165, 1.54) is 55.1 Å². The molecule has 55 heavy (non-hydrogen) atoms. The van der Waals surface area contributed by atoms with Crippen molar-refractivity contribution in [3.63, 3.8) is 0 Å². The molecule has 0 bridgehead atoms. The lowest BCUT2D eigenvalue weighted by Gasteiger charge is -2.26. The van der Waals surface area contributed by atoms with Gasteiger partial charge in [0.15, 0.2) is 0 Å². The van der Waals surface area contributed by atoms with Crippen LogP contribution in [0.1, 0.15) is 25.0 Å². The van der Waals surface area contributed by atoms with Crippen molar-refractivity contribution >= 4 is 60.5 Å². The van der Waals surface area contributed by atoms with Gasteiger partial charge in [-0.1, -0.05) is 153 Å². The monoisotopic (exact) mass is 703 g/mol. The maximum Gasteiger partial charge on any atom is 0.143 e. The molecule has 1 aliphatic rings. The molecule has 1 aliphatic carbocycles. The van der Waals surface area contributed by atoms with Crippen LogP contribution in [0.5, 0.6) is 0 Å². The van der Waals surface area contributed by atoms with Crippen molar-refractivity contribution in [2.75, 3.05) is 4.90 Å². The number of anilines is 3. The van der Waals surface area contributed by atoms with Crippen LogP contribution >= 0.6 is 0 Å². The predicted molar refractivity (Wildman–Crippen MR) is 232 cm³/mol. The Hall–Kier alpha value is -6.90. The van der Waals surface area contributed by atoms with Gasteiger partial charge >= 0.3 is 0 Å². The normalized spacial score (nSPS) is 13.1. The fourth-order valence-corrected chi connectivity index (χ4v) is 9.09. The van der Waals surface area contributed by atoms with Crippen LogP contribution in [0.3, 0.4) is 0 Å². The highest BCUT2D eigenvalue weighted by atomic mass is 16.3. The lowest BCUT2D eigenvalue weighted by atomic mass is 9.81. The Kier molecular flexibility index (Phi) is 6.93. The first kappa shape index (κ1) is 31.6. The Morgan fingerprint density at radius 3 is 1.84 bits per heavy atom. The molecule has 0 saturated carbocycles. The highest BCUT2D eigenvalue weighted by molar-refractivity contribution is 6.20. The van der Waals surface area contributed by atoms with Crippen molar-refractivity contribution in [1.29, 1.82) is 0 Å². The van der Waals surface area contributed by atoms with E-state index in [1.54, 1.807) is 0 Å². The summed E-state index contributed by atoms with van der Waals surface area (Å²) in [4.78, 5) is 2.33. The molecule has 0 N–H and O–H groups in total. The molecule has 1 heterocycles. The quantitative estimate of drug-likeness (QED) is 0.177. The zero-order chi connectivity index (χ0) is 36.7. The fraction of sp³-hybridized carbons (Fsp3) is 0.0566. The molecule has 2 heteroatoms. The topological polar surface area (TPSA) is 16.4 Å². The van der Waals surface area contributed by atoms with Crippen LogP contribution in [-0.2, 0) is 5.41 Å². The molecular formula is C53H37NO. The van der Waals surface area contributed by atoms with E-state index in [0.717, 1.165) is 50.0 Å². The van der Waals surface area contributed by atoms with Crippen LogP contribution in [-0.4, -0.2) is 0 Å². The molecule has 11 rings (SSSR count). The number of hydrogen-bond donors (Lipinski definition) is 0. The highest BCUT2D eigenvalue weighted by Crippen LogP contribution is 2.50. The summed E-state index contributed by atoms with van der Waals surface area (Å²) in [7, 11) is 0. The molecule has 10 aromatic rings. The van der Waals surface area contributed by atoms with E-state index in [0.29, 0.717) is 0 Å². The number of nitrogens with zero attached hydrogens (tertiary/aromatic N) is 1. The summed E-state index contributed by atoms with van der Waals surface area (Å²) in [6.07, 6.45) is 0. The SMILES string of the molecule is CC1(C)c2ccccc2-c2ccc(-c3cccc4c3oc3c5ccccc5c(-c5ccc(N(c6ccccc6)c6ccc7ccccc7c6)cc5)cc43)cc21. The van der Waals surface area contributed by atoms with Gasteiger partial charge in [-0.2, -0.15) is 0 Å². The lowest BCUT2D eigenvalue weighted by molar-refractivity contribution is 0.660. The minimum absolute atomic E-state index is 0.0715. The lowest BCUT2D eigenvalue weighted by Crippen LogP contribution is -2.14. The Morgan fingerprint density at radius 2 is 0.982 bits per heavy atom. The van der Waals surface area contributed by atoms with Crippen LogP contribution in [0.4, 0.5) is 17.1 Å². The molecule has 0 amide bonds. The van der Waals surface area contributed by atoms with Crippen LogP contribution in [0.25, 0.3) is 76.9 Å². The van der Waals surface area contributed by atoms with Gasteiger partial charge in [0, 0.05) is 44.2 Å². The van der Waals surface area contributed by atoms with E-state index in [2.05, 4.69) is 207 Å². The zero-order valence-electron chi connectivity index (χ0n) is 30.8. The molecule has 0 spiro atoms. The minimum atomic E-state index is -0.0715. The minimum Gasteiger partial charge on any atom is -0.455 e. The molecule has 0 atom stereocenters. The Labute approximate surface area is 320 Å². The van der Waals surface area contributed by atoms with Crippen molar-refractivity contribution in [3.05, 3.63) is 199 Å². The summed E-state index contributed by atoms with van der Waals surface area (Å²) >= 11 is 0. The molecular weight excluding hydrogens is 667 g/mol. The van der Waals surface area contributed by atoms with E-state index in [4.69, 9.17) is 4.42 Å². The number of benzene rings is 9. The summed E-state index contributed by atoms with van der Waals surface area (Å²) < 4.78 is 6.95. The Bertz CT molecular complexity index is 3110. The van der Waals surface area contributed by atoms with Crippen molar-refractivity contribution in [2.24, 2.45) is 0 Å². The molecule has 0 radical (unpaired) electrons. The standard InChI is InChI=1S/C53H37NO/c1-53(2)49-22-11-10-18-43(49)44-30-26-37(32-50(44)53)41-20-12-21-46-48-33-47(42-17-8-9-19-45(42)52(48)55-51(41)46)35-24-27-39(28-25-35)54(38-15-4-3-5-16-38)40-29-23-34-13-6-7-14-36(34)31-40/h3-33H,1-2H3. The largest absolute Gasteiger partial charge is 0.455 e. The van der Waals surface area contributed by atoms with Gasteiger partial charge in [0.2, 0.25) is 0 Å². The summed E-state index contributed by atoms with van der Waals surface area (Å²) in [5.41, 5.74) is 15.2. The number of hydrogen-bond acceptors (Lipinski definition) is 2. The van der Waals surface area contributed by atoms with Gasteiger partial charge in [-0.15, -0.1) is 0 Å². The van der Waals surface area contributed by atoms with Gasteiger partial charge < -0.3 is 9.32 Å². The third kappa shape index (κ3) is 4.88. The predicted octanol–water partition coefficient (Wildman–Crippen LogP) is 15.0. The third-order valence-electron chi connectivity index (χ3n) is 11.8. The molecule has 0 saturated heterocycles. The third-order valence-corrected chi connectivity index (χ3v) is 11.8. The van der Waals surface area contributed by atoms with Crippen molar-refractivity contribution < 1.29 is 4.42 Å². The van der Waals surface area contributed by atoms with Gasteiger partial charge in [-0.25, -0.2) is 0 Å². The van der Waals surface area contributed by atoms with Crippen LogP contribution in [0.2, 0.25) is 0 Å². The van der Waals surface area contributed by atoms with E-state index in [9.17, 15) is 0 Å². The first-order valence-corrected chi connectivity index (χ1v) is 19.1. The molecule has 0 unspecified atom stereocenters. The van der Waals surface area contributed by atoms with Gasteiger partial charge in [-0.05, 0) is 104 Å². The summed E-state index contributed by atoms with van der Waals surface area (Å²) in [5, 5.41) is 7.01. The van der Waals surface area contributed by atoms with Gasteiger partial charge in [0.1, 0.15) is 11.2 Å². The van der Waals surface area contributed by atoms with E-state index in [-0.39, 0.29) is 5.41 Å². The number of para-hydroxylation sites is 2. The Morgan fingerprint density at radius 1 is 0.364 bits per heavy atom. The molecule has 2 nitrogen and oxygen atoms in total. The second-order valence-electron chi connectivity index (χ2n) is 15.3. The first-order chi connectivity index (χ1) is 27.0. The van der Waals surface area contributed by atoms with Crippen molar-refractivity contribution in [2.45, 2.75) is 19.3 Å². The highest BCUT2D eigenvalue weighted by Gasteiger charge is 2.35. The summed E-state index contributed by atoms with van der Waals surface area (Å²) in [6.45, 7) is 4.68. The summed E-state index contributed by atoms with van der Waals surface area (Å²) in [5.74, 6) is 0. The van der Waals surface area contributed by atoms with E-state index < -0.39 is 0 Å².